The van der Waals surface area contributed by atoms with Gasteiger partial charge in [-0.25, -0.2) is 8.78 Å². The van der Waals surface area contributed by atoms with E-state index >= 15 is 0 Å². The van der Waals surface area contributed by atoms with Crippen molar-refractivity contribution in [3.8, 4) is 5.75 Å². The Morgan fingerprint density at radius 3 is 2.50 bits per heavy atom. The van der Waals surface area contributed by atoms with Gasteiger partial charge >= 0.3 is 5.97 Å². The van der Waals surface area contributed by atoms with E-state index in [4.69, 9.17) is 4.74 Å². The topological polar surface area (TPSA) is 46.5 Å². The lowest BCUT2D eigenvalue weighted by atomic mass is 9.62. The number of alkyl halides is 2. The molecule has 1 aromatic carbocycles. The van der Waals surface area contributed by atoms with E-state index in [1.807, 2.05) is 0 Å². The summed E-state index contributed by atoms with van der Waals surface area (Å²) in [5, 5.41) is 9.28. The largest absolute Gasteiger partial charge is 0.496 e. The first kappa shape index (κ1) is 13.3. The predicted molar refractivity (Wildman–Crippen MR) is 64.2 cm³/mol. The number of benzene rings is 1. The third-order valence-electron chi connectivity index (χ3n) is 3.21. The van der Waals surface area contributed by atoms with Crippen LogP contribution in [-0.2, 0) is 10.2 Å². The van der Waals surface area contributed by atoms with E-state index in [0.717, 1.165) is 0 Å². The fourth-order valence-corrected chi connectivity index (χ4v) is 2.70. The average molecular weight is 321 g/mol. The van der Waals surface area contributed by atoms with E-state index in [1.54, 1.807) is 12.1 Å². The number of carboxylic acids is 1. The van der Waals surface area contributed by atoms with Crippen LogP contribution in [0.4, 0.5) is 8.78 Å². The first-order chi connectivity index (χ1) is 8.31. The highest BCUT2D eigenvalue weighted by Crippen LogP contribution is 2.55. The van der Waals surface area contributed by atoms with Crippen molar-refractivity contribution in [3.63, 3.8) is 0 Å². The maximum Gasteiger partial charge on any atom is 0.314 e. The Kier molecular flexibility index (Phi) is 3.09. The molecule has 0 radical (unpaired) electrons. The number of halogens is 3. The molecule has 1 saturated carbocycles. The maximum atomic E-state index is 13.1. The van der Waals surface area contributed by atoms with Crippen molar-refractivity contribution in [2.24, 2.45) is 0 Å². The van der Waals surface area contributed by atoms with Crippen LogP contribution in [0.25, 0.3) is 0 Å². The third-order valence-corrected chi connectivity index (χ3v) is 3.70. The number of methoxy groups -OCH3 is 1. The minimum absolute atomic E-state index is 0.290. The normalized spacial score (nSPS) is 20.0. The zero-order chi connectivity index (χ0) is 13.6. The molecule has 0 bridgehead atoms. The highest BCUT2D eigenvalue weighted by Gasteiger charge is 2.63. The number of aliphatic carboxylic acids is 1. The molecule has 0 aliphatic heterocycles. The average Bonchev–Trinajstić information content (AvgIpc) is 2.24. The quantitative estimate of drug-likeness (QED) is 0.930. The second-order valence-electron chi connectivity index (χ2n) is 4.44. The Bertz CT molecular complexity index is 494. The molecule has 1 N–H and O–H groups in total. The first-order valence-corrected chi connectivity index (χ1v) is 6.05. The van der Waals surface area contributed by atoms with Gasteiger partial charge < -0.3 is 9.84 Å². The third kappa shape index (κ3) is 1.98. The van der Waals surface area contributed by atoms with E-state index in [9.17, 15) is 18.7 Å². The highest BCUT2D eigenvalue weighted by molar-refractivity contribution is 9.10. The van der Waals surface area contributed by atoms with Gasteiger partial charge in [-0.3, -0.25) is 4.79 Å². The SMILES string of the molecule is COc1ccc(Br)cc1C1(C(=O)O)CC(F)(F)C1. The molecular weight excluding hydrogens is 310 g/mol. The van der Waals surface area contributed by atoms with Crippen LogP contribution in [0, 0.1) is 0 Å². The Morgan fingerprint density at radius 1 is 1.44 bits per heavy atom. The molecule has 1 fully saturated rings. The summed E-state index contributed by atoms with van der Waals surface area (Å²) in [6.45, 7) is 0. The molecule has 1 aliphatic carbocycles. The van der Waals surface area contributed by atoms with Gasteiger partial charge in [0, 0.05) is 22.9 Å². The summed E-state index contributed by atoms with van der Waals surface area (Å²) in [4.78, 5) is 11.4. The van der Waals surface area contributed by atoms with Gasteiger partial charge in [-0.15, -0.1) is 0 Å². The summed E-state index contributed by atoms with van der Waals surface area (Å²) >= 11 is 3.21. The predicted octanol–water partition coefficient (Wildman–Crippen LogP) is 3.21. The smallest absolute Gasteiger partial charge is 0.314 e. The Morgan fingerprint density at radius 2 is 2.06 bits per heavy atom. The van der Waals surface area contributed by atoms with Crippen LogP contribution >= 0.6 is 15.9 Å². The van der Waals surface area contributed by atoms with Crippen molar-refractivity contribution in [2.75, 3.05) is 7.11 Å². The highest BCUT2D eigenvalue weighted by atomic mass is 79.9. The fourth-order valence-electron chi connectivity index (χ4n) is 2.34. The van der Waals surface area contributed by atoms with Crippen LogP contribution in [0.2, 0.25) is 0 Å². The van der Waals surface area contributed by atoms with Gasteiger partial charge in [0.15, 0.2) is 0 Å². The Hall–Kier alpha value is -1.17. The van der Waals surface area contributed by atoms with E-state index in [2.05, 4.69) is 15.9 Å². The lowest BCUT2D eigenvalue weighted by Crippen LogP contribution is -2.54. The Balaban J connectivity index is 2.51. The molecule has 0 unspecified atom stereocenters. The molecule has 0 atom stereocenters. The van der Waals surface area contributed by atoms with Gasteiger partial charge in [-0.2, -0.15) is 0 Å². The van der Waals surface area contributed by atoms with Crippen LogP contribution in [0.15, 0.2) is 22.7 Å². The standard InChI is InChI=1S/C12H11BrF2O3/c1-18-9-3-2-7(13)4-8(9)11(10(16)17)5-12(14,15)6-11/h2-4H,5-6H2,1H3,(H,16,17). The molecule has 0 aromatic heterocycles. The summed E-state index contributed by atoms with van der Waals surface area (Å²) < 4.78 is 31.9. The van der Waals surface area contributed by atoms with Crippen LogP contribution < -0.4 is 4.74 Å². The van der Waals surface area contributed by atoms with Crippen molar-refractivity contribution in [3.05, 3.63) is 28.2 Å². The maximum absolute atomic E-state index is 13.1. The zero-order valence-electron chi connectivity index (χ0n) is 9.54. The van der Waals surface area contributed by atoms with Crippen molar-refractivity contribution in [2.45, 2.75) is 24.2 Å². The number of carboxylic acid groups (broad SMARTS) is 1. The summed E-state index contributed by atoms with van der Waals surface area (Å²) in [5.41, 5.74) is -1.27. The summed E-state index contributed by atoms with van der Waals surface area (Å²) in [7, 11) is 1.39. The molecule has 1 aliphatic rings. The Labute approximate surface area is 111 Å². The monoisotopic (exact) mass is 320 g/mol. The van der Waals surface area contributed by atoms with Gasteiger partial charge in [0.05, 0.1) is 7.11 Å². The summed E-state index contributed by atoms with van der Waals surface area (Å²) in [6.07, 6.45) is -1.38. The molecule has 0 saturated heterocycles. The zero-order valence-corrected chi connectivity index (χ0v) is 11.1. The molecule has 0 amide bonds. The van der Waals surface area contributed by atoms with E-state index < -0.39 is 30.1 Å². The van der Waals surface area contributed by atoms with E-state index in [0.29, 0.717) is 10.2 Å². The second-order valence-corrected chi connectivity index (χ2v) is 5.36. The fraction of sp³-hybridized carbons (Fsp3) is 0.417. The molecule has 3 nitrogen and oxygen atoms in total. The lowest BCUT2D eigenvalue weighted by molar-refractivity contribution is -0.174. The van der Waals surface area contributed by atoms with Crippen LogP contribution in [0.5, 0.6) is 5.75 Å². The number of hydrogen-bond donors (Lipinski definition) is 1. The van der Waals surface area contributed by atoms with Gasteiger partial charge in [0.25, 0.3) is 5.92 Å². The molecule has 98 valence electrons. The van der Waals surface area contributed by atoms with Gasteiger partial charge in [0.1, 0.15) is 11.2 Å². The summed E-state index contributed by atoms with van der Waals surface area (Å²) in [6, 6.07) is 4.78. The number of hydrogen-bond acceptors (Lipinski definition) is 2. The van der Waals surface area contributed by atoms with Gasteiger partial charge in [-0.05, 0) is 18.2 Å². The van der Waals surface area contributed by atoms with Crippen molar-refractivity contribution in [1.29, 1.82) is 0 Å². The molecule has 0 heterocycles. The molecule has 6 heteroatoms. The van der Waals surface area contributed by atoms with E-state index in [1.165, 1.54) is 13.2 Å². The number of rotatable bonds is 3. The number of carbonyl (C=O) groups is 1. The molecule has 18 heavy (non-hydrogen) atoms. The minimum Gasteiger partial charge on any atom is -0.496 e. The van der Waals surface area contributed by atoms with Crippen molar-refractivity contribution >= 4 is 21.9 Å². The molecule has 0 spiro atoms. The first-order valence-electron chi connectivity index (χ1n) is 5.26. The minimum atomic E-state index is -2.92. The number of ether oxygens (including phenoxy) is 1. The molecular formula is C12H11BrF2O3. The van der Waals surface area contributed by atoms with Crippen molar-refractivity contribution in [1.82, 2.24) is 0 Å². The lowest BCUT2D eigenvalue weighted by Gasteiger charge is -2.44. The van der Waals surface area contributed by atoms with E-state index in [-0.39, 0.29) is 5.56 Å². The second kappa shape index (κ2) is 4.19. The van der Waals surface area contributed by atoms with Crippen LogP contribution in [0.1, 0.15) is 18.4 Å². The van der Waals surface area contributed by atoms with Crippen LogP contribution in [0.3, 0.4) is 0 Å². The van der Waals surface area contributed by atoms with Gasteiger partial charge in [0.2, 0.25) is 0 Å². The molecule has 1 aromatic rings. The van der Waals surface area contributed by atoms with Crippen LogP contribution in [-0.4, -0.2) is 24.1 Å². The summed E-state index contributed by atoms with van der Waals surface area (Å²) in [5.74, 6) is -3.85. The van der Waals surface area contributed by atoms with Crippen molar-refractivity contribution < 1.29 is 23.4 Å². The van der Waals surface area contributed by atoms with Gasteiger partial charge in [-0.1, -0.05) is 15.9 Å². The molecule has 2 rings (SSSR count).